The van der Waals surface area contributed by atoms with Crippen molar-refractivity contribution in [2.24, 2.45) is 22.7 Å². The van der Waals surface area contributed by atoms with Gasteiger partial charge in [0.15, 0.2) is 11.6 Å². The lowest BCUT2D eigenvalue weighted by Crippen LogP contribution is -2.50. The molecule has 1 saturated carbocycles. The first-order valence-corrected chi connectivity index (χ1v) is 8.41. The maximum Gasteiger partial charge on any atom is 0.182 e. The van der Waals surface area contributed by atoms with Gasteiger partial charge < -0.3 is 0 Å². The van der Waals surface area contributed by atoms with Crippen molar-refractivity contribution < 1.29 is 9.59 Å². The minimum Gasteiger partial charge on any atom is -0.294 e. The Morgan fingerprint density at radius 1 is 1.05 bits per heavy atom. The molecular formula is C20H26O2. The van der Waals surface area contributed by atoms with Crippen molar-refractivity contribution in [2.45, 2.75) is 53.9 Å². The van der Waals surface area contributed by atoms with E-state index in [4.69, 9.17) is 0 Å². The van der Waals surface area contributed by atoms with Gasteiger partial charge in [-0.25, -0.2) is 0 Å². The van der Waals surface area contributed by atoms with Gasteiger partial charge in [0.05, 0.1) is 0 Å². The van der Waals surface area contributed by atoms with Crippen LogP contribution in [0.25, 0.3) is 0 Å². The van der Waals surface area contributed by atoms with Gasteiger partial charge in [-0.2, -0.15) is 0 Å². The highest BCUT2D eigenvalue weighted by Gasteiger charge is 2.54. The van der Waals surface area contributed by atoms with Gasteiger partial charge in [0.25, 0.3) is 0 Å². The molecule has 22 heavy (non-hydrogen) atoms. The molecule has 0 aromatic rings. The van der Waals surface area contributed by atoms with Crippen molar-refractivity contribution in [2.75, 3.05) is 0 Å². The molecule has 0 saturated heterocycles. The smallest absolute Gasteiger partial charge is 0.182 e. The Morgan fingerprint density at radius 3 is 2.36 bits per heavy atom. The standard InChI is InChI=1S/C20H26O2/c1-12(2)14-9-13-10-17(22)18-19(3,4)7-6-8-20(18,5)15(13)11-16(14)21/h9-12,18H,6-8H2,1-5H3. The molecule has 0 radical (unpaired) electrons. The molecule has 0 aliphatic heterocycles. The topological polar surface area (TPSA) is 34.1 Å². The third-order valence-corrected chi connectivity index (χ3v) is 5.94. The van der Waals surface area contributed by atoms with Gasteiger partial charge in [0.1, 0.15) is 0 Å². The zero-order valence-corrected chi connectivity index (χ0v) is 14.3. The fourth-order valence-corrected chi connectivity index (χ4v) is 4.97. The van der Waals surface area contributed by atoms with Gasteiger partial charge in [0, 0.05) is 16.9 Å². The molecule has 2 nitrogen and oxygen atoms in total. The molecule has 2 heteroatoms. The fraction of sp³-hybridized carbons (Fsp3) is 0.600. The molecule has 3 aliphatic rings. The van der Waals surface area contributed by atoms with E-state index in [0.29, 0.717) is 0 Å². The van der Waals surface area contributed by atoms with E-state index in [1.54, 1.807) is 6.08 Å². The molecule has 118 valence electrons. The summed E-state index contributed by atoms with van der Waals surface area (Å²) in [7, 11) is 0. The summed E-state index contributed by atoms with van der Waals surface area (Å²) in [5, 5.41) is 0. The Hall–Kier alpha value is -1.44. The molecule has 0 spiro atoms. The largest absolute Gasteiger partial charge is 0.294 e. The normalized spacial score (nSPS) is 33.7. The Kier molecular flexibility index (Phi) is 3.36. The van der Waals surface area contributed by atoms with E-state index in [2.05, 4.69) is 20.8 Å². The van der Waals surface area contributed by atoms with Crippen molar-refractivity contribution in [3.8, 4) is 0 Å². The summed E-state index contributed by atoms with van der Waals surface area (Å²) in [6, 6.07) is 0. The molecule has 3 aliphatic carbocycles. The number of ketones is 2. The zero-order chi connectivity index (χ0) is 16.3. The number of hydrogen-bond acceptors (Lipinski definition) is 2. The summed E-state index contributed by atoms with van der Waals surface area (Å²) in [6.45, 7) is 10.7. The molecule has 0 N–H and O–H groups in total. The van der Waals surface area contributed by atoms with E-state index in [9.17, 15) is 9.59 Å². The van der Waals surface area contributed by atoms with Crippen LogP contribution < -0.4 is 0 Å². The fourth-order valence-electron chi connectivity index (χ4n) is 4.97. The number of allylic oxidation sites excluding steroid dienone is 6. The van der Waals surface area contributed by atoms with Crippen LogP contribution in [0.5, 0.6) is 0 Å². The van der Waals surface area contributed by atoms with E-state index in [1.165, 1.54) is 0 Å². The summed E-state index contributed by atoms with van der Waals surface area (Å²) in [4.78, 5) is 25.3. The molecule has 0 aromatic carbocycles. The van der Waals surface area contributed by atoms with Gasteiger partial charge in [-0.05, 0) is 53.5 Å². The summed E-state index contributed by atoms with van der Waals surface area (Å²) in [5.41, 5.74) is 2.69. The summed E-state index contributed by atoms with van der Waals surface area (Å²) >= 11 is 0. The van der Waals surface area contributed by atoms with Crippen molar-refractivity contribution >= 4 is 11.6 Å². The van der Waals surface area contributed by atoms with Gasteiger partial charge >= 0.3 is 0 Å². The second-order valence-corrected chi connectivity index (χ2v) is 8.37. The molecule has 0 heterocycles. The average molecular weight is 298 g/mol. The van der Waals surface area contributed by atoms with Gasteiger partial charge in [-0.3, -0.25) is 9.59 Å². The lowest BCUT2D eigenvalue weighted by molar-refractivity contribution is -0.130. The average Bonchev–Trinajstić information content (AvgIpc) is 2.37. The number of carbonyl (C=O) groups is 2. The Bertz CT molecular complexity index is 643. The third kappa shape index (κ3) is 2.07. The maximum atomic E-state index is 12.8. The highest BCUT2D eigenvalue weighted by molar-refractivity contribution is 6.09. The van der Waals surface area contributed by atoms with E-state index in [1.807, 2.05) is 26.0 Å². The van der Waals surface area contributed by atoms with E-state index >= 15 is 0 Å². The van der Waals surface area contributed by atoms with Crippen LogP contribution in [-0.4, -0.2) is 11.6 Å². The van der Waals surface area contributed by atoms with Crippen LogP contribution >= 0.6 is 0 Å². The molecule has 0 bridgehead atoms. The SMILES string of the molecule is CC(C)C1=CC2=CC(=O)C3C(C)(C)CCCC3(C)C2=CC1=O. The van der Waals surface area contributed by atoms with Crippen molar-refractivity contribution in [1.82, 2.24) is 0 Å². The molecule has 3 rings (SSSR count). The lowest BCUT2D eigenvalue weighted by atomic mass is 9.49. The monoisotopic (exact) mass is 298 g/mol. The number of fused-ring (bicyclic) bond motifs is 3. The predicted octanol–water partition coefficient (Wildman–Crippen LogP) is 4.42. The minimum absolute atomic E-state index is 0.00194. The highest BCUT2D eigenvalue weighted by Crippen LogP contribution is 2.59. The van der Waals surface area contributed by atoms with Crippen LogP contribution in [0.3, 0.4) is 0 Å². The number of carbonyl (C=O) groups excluding carboxylic acids is 2. The van der Waals surface area contributed by atoms with Crippen LogP contribution in [0.4, 0.5) is 0 Å². The van der Waals surface area contributed by atoms with Crippen LogP contribution in [0, 0.1) is 22.7 Å². The first-order chi connectivity index (χ1) is 10.2. The summed E-state index contributed by atoms with van der Waals surface area (Å²) < 4.78 is 0. The lowest BCUT2D eigenvalue weighted by Gasteiger charge is -2.53. The first kappa shape index (κ1) is 15.5. The van der Waals surface area contributed by atoms with Crippen LogP contribution in [0.2, 0.25) is 0 Å². The van der Waals surface area contributed by atoms with Gasteiger partial charge in [-0.1, -0.05) is 41.0 Å². The van der Waals surface area contributed by atoms with E-state index in [-0.39, 0.29) is 34.2 Å². The first-order valence-electron chi connectivity index (χ1n) is 8.41. The minimum atomic E-state index is -0.197. The van der Waals surface area contributed by atoms with Crippen molar-refractivity contribution in [3.05, 3.63) is 34.9 Å². The van der Waals surface area contributed by atoms with Crippen LogP contribution in [-0.2, 0) is 9.59 Å². The molecule has 2 atom stereocenters. The van der Waals surface area contributed by atoms with E-state index in [0.717, 1.165) is 36.0 Å². The Morgan fingerprint density at radius 2 is 1.73 bits per heavy atom. The molecule has 1 fully saturated rings. The van der Waals surface area contributed by atoms with Crippen molar-refractivity contribution in [1.29, 1.82) is 0 Å². The van der Waals surface area contributed by atoms with Gasteiger partial charge in [-0.15, -0.1) is 0 Å². The van der Waals surface area contributed by atoms with Gasteiger partial charge in [0.2, 0.25) is 0 Å². The Labute approximate surface area is 133 Å². The molecular weight excluding hydrogens is 272 g/mol. The number of rotatable bonds is 1. The second kappa shape index (κ2) is 4.78. The van der Waals surface area contributed by atoms with Crippen molar-refractivity contribution in [3.63, 3.8) is 0 Å². The maximum absolute atomic E-state index is 12.8. The highest BCUT2D eigenvalue weighted by atomic mass is 16.1. The number of hydrogen-bond donors (Lipinski definition) is 0. The third-order valence-electron chi connectivity index (χ3n) is 5.94. The second-order valence-electron chi connectivity index (χ2n) is 8.37. The molecule has 2 unspecified atom stereocenters. The summed E-state index contributed by atoms with van der Waals surface area (Å²) in [5.74, 6) is 0.549. The van der Waals surface area contributed by atoms with Crippen LogP contribution in [0.15, 0.2) is 34.9 Å². The zero-order valence-electron chi connectivity index (χ0n) is 14.3. The molecule has 0 aromatic heterocycles. The van der Waals surface area contributed by atoms with E-state index < -0.39 is 0 Å². The quantitative estimate of drug-likeness (QED) is 0.718. The van der Waals surface area contributed by atoms with Crippen LogP contribution in [0.1, 0.15) is 53.9 Å². The summed E-state index contributed by atoms with van der Waals surface area (Å²) in [6.07, 6.45) is 8.77. The predicted molar refractivity (Wildman–Crippen MR) is 88.3 cm³/mol. The molecule has 0 amide bonds. The Balaban J connectivity index is 2.16.